The van der Waals surface area contributed by atoms with Gasteiger partial charge in [-0.25, -0.2) is 9.19 Å². The summed E-state index contributed by atoms with van der Waals surface area (Å²) in [5.41, 5.74) is 4.01. The third kappa shape index (κ3) is 4.24. The van der Waals surface area contributed by atoms with Crippen molar-refractivity contribution in [2.45, 2.75) is 24.1 Å². The average molecular weight is 415 g/mol. The lowest BCUT2D eigenvalue weighted by atomic mass is 10.0. The van der Waals surface area contributed by atoms with Crippen LogP contribution in [-0.4, -0.2) is 9.19 Å². The largest absolute Gasteiger partial charge is 0.430 e. The second-order valence-corrected chi connectivity index (χ2v) is 8.04. The van der Waals surface area contributed by atoms with E-state index in [0.717, 1.165) is 28.8 Å². The van der Waals surface area contributed by atoms with Crippen molar-refractivity contribution in [1.29, 1.82) is 0 Å². The molecule has 4 rings (SSSR count). The van der Waals surface area contributed by atoms with Gasteiger partial charge in [0.15, 0.2) is 5.58 Å². The molecule has 1 aromatic heterocycles. The van der Waals surface area contributed by atoms with Crippen LogP contribution in [0, 0.1) is 6.92 Å². The number of rotatable bonds is 4. The lowest BCUT2D eigenvalue weighted by Crippen LogP contribution is -2.05. The fourth-order valence-electron chi connectivity index (χ4n) is 2.93. The van der Waals surface area contributed by atoms with Gasteiger partial charge in [0, 0.05) is 0 Å². The molecule has 1 heterocycles. The lowest BCUT2D eigenvalue weighted by molar-refractivity contribution is -0.137. The van der Waals surface area contributed by atoms with Crippen molar-refractivity contribution in [1.82, 2.24) is 4.98 Å². The first-order valence-corrected chi connectivity index (χ1v) is 10.1. The van der Waals surface area contributed by atoms with Gasteiger partial charge in [0.25, 0.3) is 5.22 Å². The number of nitrogens with zero attached hydrogens (tertiary/aromatic N) is 1. The van der Waals surface area contributed by atoms with Crippen LogP contribution in [0.1, 0.15) is 16.7 Å². The van der Waals surface area contributed by atoms with Gasteiger partial charge in [-0.05, 0) is 47.9 Å². The Morgan fingerprint density at radius 3 is 2.24 bits per heavy atom. The van der Waals surface area contributed by atoms with Crippen LogP contribution in [0.4, 0.5) is 13.2 Å². The van der Waals surface area contributed by atoms with Crippen LogP contribution in [0.2, 0.25) is 0 Å². The lowest BCUT2D eigenvalue weighted by Gasteiger charge is -2.06. The van der Waals surface area contributed by atoms with Crippen LogP contribution in [0.25, 0.3) is 22.2 Å². The number of aromatic nitrogens is 1. The Hall–Kier alpha value is -2.93. The molecule has 3 aromatic carbocycles. The summed E-state index contributed by atoms with van der Waals surface area (Å²) in [4.78, 5) is 4.27. The standard InChI is InChI=1S/C22H16F3NO2S/c1-14-2-6-16(7-3-14)17-8-11-19-20(12-17)28-21(26-19)29(27)13-15-4-9-18(10-5-15)22(23,24)25/h2-12H,13H2,1H3. The minimum absolute atomic E-state index is 0.0236. The molecule has 0 saturated heterocycles. The van der Waals surface area contributed by atoms with Gasteiger partial charge in [-0.15, -0.1) is 0 Å². The van der Waals surface area contributed by atoms with E-state index in [1.54, 1.807) is 6.07 Å². The highest BCUT2D eigenvalue weighted by atomic mass is 32.2. The molecule has 4 aromatic rings. The highest BCUT2D eigenvalue weighted by Gasteiger charge is 2.30. The van der Waals surface area contributed by atoms with Crippen molar-refractivity contribution >= 4 is 21.9 Å². The summed E-state index contributed by atoms with van der Waals surface area (Å²) in [5, 5.41) is 0.0564. The summed E-state index contributed by atoms with van der Waals surface area (Å²) < 4.78 is 56.2. The molecule has 0 bridgehead atoms. The average Bonchev–Trinajstić information content (AvgIpc) is 3.12. The Morgan fingerprint density at radius 2 is 1.59 bits per heavy atom. The molecule has 3 nitrogen and oxygen atoms in total. The van der Waals surface area contributed by atoms with Crippen LogP contribution in [0.3, 0.4) is 0 Å². The minimum Gasteiger partial charge on any atom is -0.430 e. The number of oxazole rings is 1. The SMILES string of the molecule is Cc1ccc(-c2ccc3nc(S(=O)Cc4ccc(C(F)(F)F)cc4)oc3c2)cc1. The molecule has 0 aliphatic heterocycles. The number of hydrogen-bond acceptors (Lipinski definition) is 3. The Balaban J connectivity index is 1.56. The fraction of sp³-hybridized carbons (Fsp3) is 0.136. The Morgan fingerprint density at radius 1 is 0.931 bits per heavy atom. The normalized spacial score (nSPS) is 13.0. The van der Waals surface area contributed by atoms with Gasteiger partial charge < -0.3 is 4.42 Å². The molecule has 0 radical (unpaired) electrons. The van der Waals surface area contributed by atoms with Gasteiger partial charge in [-0.1, -0.05) is 48.0 Å². The number of benzene rings is 3. The van der Waals surface area contributed by atoms with Crippen LogP contribution >= 0.6 is 0 Å². The first kappa shape index (κ1) is 19.4. The highest BCUT2D eigenvalue weighted by Crippen LogP contribution is 2.30. The zero-order valence-corrected chi connectivity index (χ0v) is 16.2. The summed E-state index contributed by atoms with van der Waals surface area (Å²) in [6, 6.07) is 18.2. The number of fused-ring (bicyclic) bond motifs is 1. The molecule has 0 amide bonds. The third-order valence-corrected chi connectivity index (χ3v) is 5.69. The molecule has 1 unspecified atom stereocenters. The third-order valence-electron chi connectivity index (χ3n) is 4.53. The molecular weight excluding hydrogens is 399 g/mol. The maximum atomic E-state index is 12.7. The smallest absolute Gasteiger partial charge is 0.416 e. The van der Waals surface area contributed by atoms with E-state index in [4.69, 9.17) is 4.42 Å². The highest BCUT2D eigenvalue weighted by molar-refractivity contribution is 7.84. The van der Waals surface area contributed by atoms with E-state index in [1.165, 1.54) is 12.1 Å². The Bertz CT molecular complexity index is 1180. The van der Waals surface area contributed by atoms with Crippen molar-refractivity contribution in [3.05, 3.63) is 83.4 Å². The van der Waals surface area contributed by atoms with Crippen LogP contribution in [0.5, 0.6) is 0 Å². The van der Waals surface area contributed by atoms with Crippen molar-refractivity contribution in [2.75, 3.05) is 0 Å². The van der Waals surface area contributed by atoms with E-state index in [1.807, 2.05) is 43.3 Å². The van der Waals surface area contributed by atoms with Gasteiger partial charge in [0.05, 0.1) is 11.3 Å². The van der Waals surface area contributed by atoms with Gasteiger partial charge >= 0.3 is 6.18 Å². The van der Waals surface area contributed by atoms with E-state index in [-0.39, 0.29) is 11.0 Å². The van der Waals surface area contributed by atoms with Crippen molar-refractivity contribution in [3.8, 4) is 11.1 Å². The van der Waals surface area contributed by atoms with E-state index >= 15 is 0 Å². The summed E-state index contributed by atoms with van der Waals surface area (Å²) in [5.74, 6) is 0.0236. The Kier molecular flexibility index (Phi) is 5.00. The number of hydrogen-bond donors (Lipinski definition) is 0. The Labute approximate surface area is 167 Å². The number of alkyl halides is 3. The monoisotopic (exact) mass is 415 g/mol. The first-order chi connectivity index (χ1) is 13.8. The summed E-state index contributed by atoms with van der Waals surface area (Å²) in [6.07, 6.45) is -4.40. The molecule has 0 aliphatic rings. The molecule has 0 aliphatic carbocycles. The minimum atomic E-state index is -4.40. The fourth-order valence-corrected chi connectivity index (χ4v) is 3.93. The second-order valence-electron chi connectivity index (χ2n) is 6.71. The zero-order chi connectivity index (χ0) is 20.6. The number of aryl methyl sites for hydroxylation is 1. The molecule has 1 atom stereocenters. The van der Waals surface area contributed by atoms with Gasteiger partial charge in [0.1, 0.15) is 16.3 Å². The zero-order valence-electron chi connectivity index (χ0n) is 15.4. The predicted octanol–water partition coefficient (Wildman–Crippen LogP) is 6.13. The van der Waals surface area contributed by atoms with Crippen molar-refractivity contribution < 1.29 is 21.8 Å². The molecule has 0 fully saturated rings. The van der Waals surface area contributed by atoms with Crippen molar-refractivity contribution in [2.24, 2.45) is 0 Å². The quantitative estimate of drug-likeness (QED) is 0.403. The van der Waals surface area contributed by atoms with Crippen molar-refractivity contribution in [3.63, 3.8) is 0 Å². The predicted molar refractivity (Wildman–Crippen MR) is 106 cm³/mol. The summed E-state index contributed by atoms with van der Waals surface area (Å²) in [6.45, 7) is 2.02. The van der Waals surface area contributed by atoms with Gasteiger partial charge in [0.2, 0.25) is 0 Å². The maximum Gasteiger partial charge on any atom is 0.416 e. The molecule has 148 valence electrons. The van der Waals surface area contributed by atoms with Gasteiger partial charge in [-0.3, -0.25) is 0 Å². The first-order valence-electron chi connectivity index (χ1n) is 8.82. The molecule has 29 heavy (non-hydrogen) atoms. The summed E-state index contributed by atoms with van der Waals surface area (Å²) in [7, 11) is -1.61. The second kappa shape index (κ2) is 7.48. The van der Waals surface area contributed by atoms with E-state index in [0.29, 0.717) is 16.7 Å². The summed E-state index contributed by atoms with van der Waals surface area (Å²) >= 11 is 0. The molecule has 0 saturated carbocycles. The topological polar surface area (TPSA) is 43.1 Å². The molecular formula is C22H16F3NO2S. The maximum absolute atomic E-state index is 12.7. The molecule has 0 spiro atoms. The van der Waals surface area contributed by atoms with E-state index in [2.05, 4.69) is 4.98 Å². The molecule has 0 N–H and O–H groups in total. The van der Waals surface area contributed by atoms with Crippen LogP contribution < -0.4 is 0 Å². The number of halogens is 3. The molecule has 7 heteroatoms. The van der Waals surface area contributed by atoms with Crippen LogP contribution in [0.15, 0.2) is 76.4 Å². The van der Waals surface area contributed by atoms with E-state index in [9.17, 15) is 17.4 Å². The van der Waals surface area contributed by atoms with Gasteiger partial charge in [-0.2, -0.15) is 13.2 Å². The van der Waals surface area contributed by atoms with E-state index < -0.39 is 22.5 Å². The van der Waals surface area contributed by atoms with Crippen LogP contribution in [-0.2, 0) is 22.7 Å².